The van der Waals surface area contributed by atoms with Crippen molar-refractivity contribution in [3.8, 4) is 6.07 Å². The molecule has 0 aliphatic heterocycles. The van der Waals surface area contributed by atoms with E-state index in [-0.39, 0.29) is 0 Å². The molecule has 0 amide bonds. The van der Waals surface area contributed by atoms with Gasteiger partial charge >= 0.3 is 0 Å². The van der Waals surface area contributed by atoms with Gasteiger partial charge in [0.05, 0.1) is 5.56 Å². The zero-order chi connectivity index (χ0) is 10.8. The lowest BCUT2D eigenvalue weighted by Crippen LogP contribution is -2.26. The quantitative estimate of drug-likeness (QED) is 0.735. The third-order valence-corrected chi connectivity index (χ3v) is 3.45. The number of pyridine rings is 1. The lowest BCUT2D eigenvalue weighted by molar-refractivity contribution is 0.193. The number of nitrogens with zero attached hydrogens (tertiary/aromatic N) is 2. The number of hydrogen-bond acceptors (Lipinski definition) is 2. The van der Waals surface area contributed by atoms with Crippen LogP contribution in [0.15, 0.2) is 18.3 Å². The number of nitriles is 1. The Morgan fingerprint density at radius 3 is 2.60 bits per heavy atom. The monoisotopic (exact) mass is 200 g/mol. The van der Waals surface area contributed by atoms with Crippen LogP contribution in [0, 0.1) is 23.2 Å². The van der Waals surface area contributed by atoms with E-state index in [0.29, 0.717) is 11.5 Å². The van der Waals surface area contributed by atoms with Crippen molar-refractivity contribution in [3.05, 3.63) is 29.6 Å². The summed E-state index contributed by atoms with van der Waals surface area (Å²) < 4.78 is 0. The second-order valence-electron chi connectivity index (χ2n) is 4.76. The molecule has 78 valence electrons. The molecular formula is C13H16N2. The molecule has 0 spiro atoms. The standard InChI is InChI=1S/C13H16N2/c1-9(2)11-5-12(6-11)13-4-3-10(7-14)8-15-13/h3-4,8-9,11-12H,5-6H2,1-2H3. The molecular weight excluding hydrogens is 184 g/mol. The Kier molecular flexibility index (Phi) is 2.73. The van der Waals surface area contributed by atoms with Gasteiger partial charge < -0.3 is 0 Å². The van der Waals surface area contributed by atoms with E-state index in [1.807, 2.05) is 12.1 Å². The van der Waals surface area contributed by atoms with Crippen LogP contribution in [-0.4, -0.2) is 4.98 Å². The van der Waals surface area contributed by atoms with Gasteiger partial charge in [-0.15, -0.1) is 0 Å². The Morgan fingerprint density at radius 2 is 2.13 bits per heavy atom. The van der Waals surface area contributed by atoms with Gasteiger partial charge in [0, 0.05) is 17.8 Å². The molecule has 1 aliphatic rings. The van der Waals surface area contributed by atoms with Crippen molar-refractivity contribution in [1.29, 1.82) is 5.26 Å². The van der Waals surface area contributed by atoms with Crippen LogP contribution in [-0.2, 0) is 0 Å². The predicted octanol–water partition coefficient (Wildman–Crippen LogP) is 3.10. The fraction of sp³-hybridized carbons (Fsp3) is 0.538. The second kappa shape index (κ2) is 4.02. The van der Waals surface area contributed by atoms with Crippen LogP contribution in [0.1, 0.15) is 43.9 Å². The van der Waals surface area contributed by atoms with Crippen LogP contribution in [0.5, 0.6) is 0 Å². The molecule has 0 saturated heterocycles. The molecule has 0 radical (unpaired) electrons. The average molecular weight is 200 g/mol. The van der Waals surface area contributed by atoms with Crippen molar-refractivity contribution in [2.24, 2.45) is 11.8 Å². The lowest BCUT2D eigenvalue weighted by Gasteiger charge is -2.37. The third kappa shape index (κ3) is 2.02. The summed E-state index contributed by atoms with van der Waals surface area (Å²) in [6, 6.07) is 5.96. The van der Waals surface area contributed by atoms with Crippen LogP contribution in [0.2, 0.25) is 0 Å². The van der Waals surface area contributed by atoms with E-state index in [1.54, 1.807) is 6.20 Å². The van der Waals surface area contributed by atoms with Crippen molar-refractivity contribution >= 4 is 0 Å². The molecule has 2 nitrogen and oxygen atoms in total. The van der Waals surface area contributed by atoms with E-state index in [9.17, 15) is 0 Å². The van der Waals surface area contributed by atoms with Crippen LogP contribution in [0.4, 0.5) is 0 Å². The van der Waals surface area contributed by atoms with Crippen LogP contribution in [0.3, 0.4) is 0 Å². The van der Waals surface area contributed by atoms with Gasteiger partial charge in [-0.3, -0.25) is 4.98 Å². The first-order valence-corrected chi connectivity index (χ1v) is 5.56. The zero-order valence-electron chi connectivity index (χ0n) is 9.27. The molecule has 1 saturated carbocycles. The summed E-state index contributed by atoms with van der Waals surface area (Å²) in [4.78, 5) is 4.34. The van der Waals surface area contributed by atoms with Gasteiger partial charge in [0.2, 0.25) is 0 Å². The van der Waals surface area contributed by atoms with Crippen molar-refractivity contribution < 1.29 is 0 Å². The van der Waals surface area contributed by atoms with E-state index in [2.05, 4.69) is 24.9 Å². The maximum Gasteiger partial charge on any atom is 0.101 e. The fourth-order valence-electron chi connectivity index (χ4n) is 2.16. The van der Waals surface area contributed by atoms with Crippen molar-refractivity contribution in [1.82, 2.24) is 4.98 Å². The van der Waals surface area contributed by atoms with Gasteiger partial charge in [-0.2, -0.15) is 5.26 Å². The van der Waals surface area contributed by atoms with E-state index < -0.39 is 0 Å². The van der Waals surface area contributed by atoms with Crippen LogP contribution >= 0.6 is 0 Å². The Labute approximate surface area is 91.0 Å². The highest BCUT2D eigenvalue weighted by Crippen LogP contribution is 2.44. The van der Waals surface area contributed by atoms with Gasteiger partial charge in [0.25, 0.3) is 0 Å². The Morgan fingerprint density at radius 1 is 1.40 bits per heavy atom. The Balaban J connectivity index is 1.99. The largest absolute Gasteiger partial charge is 0.260 e. The van der Waals surface area contributed by atoms with Crippen LogP contribution in [0.25, 0.3) is 0 Å². The number of hydrogen-bond donors (Lipinski definition) is 0. The highest BCUT2D eigenvalue weighted by molar-refractivity contribution is 5.28. The fourth-order valence-corrected chi connectivity index (χ4v) is 2.16. The first-order chi connectivity index (χ1) is 7.20. The molecule has 15 heavy (non-hydrogen) atoms. The summed E-state index contributed by atoms with van der Waals surface area (Å²) in [7, 11) is 0. The molecule has 1 aromatic rings. The van der Waals surface area contributed by atoms with E-state index >= 15 is 0 Å². The second-order valence-corrected chi connectivity index (χ2v) is 4.76. The smallest absolute Gasteiger partial charge is 0.101 e. The van der Waals surface area contributed by atoms with Gasteiger partial charge in [0.15, 0.2) is 0 Å². The molecule has 0 N–H and O–H groups in total. The summed E-state index contributed by atoms with van der Waals surface area (Å²) in [5.74, 6) is 2.29. The van der Waals surface area contributed by atoms with Crippen molar-refractivity contribution in [2.45, 2.75) is 32.6 Å². The molecule has 0 bridgehead atoms. The van der Waals surface area contributed by atoms with E-state index in [4.69, 9.17) is 5.26 Å². The molecule has 1 aromatic heterocycles. The summed E-state index contributed by atoms with van der Waals surface area (Å²) in [6.07, 6.45) is 4.20. The molecule has 1 fully saturated rings. The van der Waals surface area contributed by atoms with Gasteiger partial charge in [-0.25, -0.2) is 0 Å². The molecule has 0 atom stereocenters. The highest BCUT2D eigenvalue weighted by Gasteiger charge is 2.32. The maximum absolute atomic E-state index is 8.66. The Hall–Kier alpha value is -1.36. The molecule has 1 heterocycles. The number of rotatable bonds is 2. The maximum atomic E-state index is 8.66. The molecule has 0 aromatic carbocycles. The van der Waals surface area contributed by atoms with Gasteiger partial charge in [-0.1, -0.05) is 13.8 Å². The Bertz CT molecular complexity index is 367. The molecule has 0 unspecified atom stereocenters. The summed E-state index contributed by atoms with van der Waals surface area (Å²) in [5.41, 5.74) is 1.81. The summed E-state index contributed by atoms with van der Waals surface area (Å²) in [5, 5.41) is 8.66. The SMILES string of the molecule is CC(C)C1CC(c2ccc(C#N)cn2)C1. The minimum Gasteiger partial charge on any atom is -0.260 e. The van der Waals surface area contributed by atoms with Crippen LogP contribution < -0.4 is 0 Å². The van der Waals surface area contributed by atoms with Gasteiger partial charge in [-0.05, 0) is 36.8 Å². The summed E-state index contributed by atoms with van der Waals surface area (Å²) >= 11 is 0. The minimum absolute atomic E-state index is 0.630. The highest BCUT2D eigenvalue weighted by atomic mass is 14.7. The normalized spacial score (nSPS) is 24.7. The first-order valence-electron chi connectivity index (χ1n) is 5.56. The first kappa shape index (κ1) is 10.2. The third-order valence-electron chi connectivity index (χ3n) is 3.45. The van der Waals surface area contributed by atoms with E-state index in [0.717, 1.165) is 17.5 Å². The summed E-state index contributed by atoms with van der Waals surface area (Å²) in [6.45, 7) is 4.57. The average Bonchev–Trinajstić information content (AvgIpc) is 2.16. The number of aromatic nitrogens is 1. The topological polar surface area (TPSA) is 36.7 Å². The zero-order valence-corrected chi connectivity index (χ0v) is 9.27. The lowest BCUT2D eigenvalue weighted by atomic mass is 9.68. The van der Waals surface area contributed by atoms with E-state index in [1.165, 1.54) is 12.8 Å². The predicted molar refractivity (Wildman–Crippen MR) is 59.3 cm³/mol. The van der Waals surface area contributed by atoms with Crippen molar-refractivity contribution in [2.75, 3.05) is 0 Å². The van der Waals surface area contributed by atoms with Gasteiger partial charge in [0.1, 0.15) is 6.07 Å². The molecule has 1 aliphatic carbocycles. The minimum atomic E-state index is 0.630. The molecule has 2 heteroatoms. The molecule has 2 rings (SSSR count). The van der Waals surface area contributed by atoms with Crippen molar-refractivity contribution in [3.63, 3.8) is 0 Å².